The molecule has 15 heteroatoms. The molecule has 0 radical (unpaired) electrons. The maximum atomic E-state index is 14.5. The van der Waals surface area contributed by atoms with Crippen molar-refractivity contribution in [2.45, 2.75) is 185 Å². The largest absolute Gasteiger partial charge is 0.459 e. The molecule has 4 rings (SSSR count). The Bertz CT molecular complexity index is 1730. The molecule has 1 saturated carbocycles. The van der Waals surface area contributed by atoms with Gasteiger partial charge in [0.1, 0.15) is 24.4 Å². The van der Waals surface area contributed by atoms with Crippen LogP contribution in [0.3, 0.4) is 0 Å². The van der Waals surface area contributed by atoms with Gasteiger partial charge in [-0.25, -0.2) is 4.79 Å². The molecule has 15 nitrogen and oxygen atoms in total. The van der Waals surface area contributed by atoms with Crippen molar-refractivity contribution < 1.29 is 62.9 Å². The lowest BCUT2D eigenvalue weighted by Crippen LogP contribution is -2.61. The number of hydrogen-bond acceptors (Lipinski definition) is 14. The van der Waals surface area contributed by atoms with Crippen molar-refractivity contribution in [1.82, 2.24) is 4.90 Å². The van der Waals surface area contributed by atoms with Crippen molar-refractivity contribution in [3.8, 4) is 0 Å². The molecule has 3 heterocycles. The number of nitrogens with zero attached hydrogens (tertiary/aromatic N) is 1. The Labute approximate surface area is 393 Å². The highest BCUT2D eigenvalue weighted by molar-refractivity contribution is 6.39. The summed E-state index contributed by atoms with van der Waals surface area (Å²) < 4.78 is 35.7. The van der Waals surface area contributed by atoms with Crippen LogP contribution in [0.4, 0.5) is 0 Å². The molecule has 3 aliphatic heterocycles. The number of carbonyl (C=O) groups is 4. The summed E-state index contributed by atoms with van der Waals surface area (Å²) in [4.78, 5) is 57.9. The lowest BCUT2D eigenvalue weighted by molar-refractivity contribution is -0.265. The molecular formula is C51H82N2O13. The van der Waals surface area contributed by atoms with E-state index >= 15 is 0 Å². The van der Waals surface area contributed by atoms with E-state index in [0.717, 1.165) is 5.57 Å². The molecule has 0 spiro atoms. The summed E-state index contributed by atoms with van der Waals surface area (Å²) in [6.45, 7) is 11.2. The van der Waals surface area contributed by atoms with E-state index in [4.69, 9.17) is 34.2 Å². The number of hydrogen-bond donors (Lipinski definition) is 4. The molecule has 0 unspecified atom stereocenters. The second kappa shape index (κ2) is 26.0. The van der Waals surface area contributed by atoms with Crippen LogP contribution in [0.2, 0.25) is 0 Å². The molecule has 1 aliphatic carbocycles. The van der Waals surface area contributed by atoms with E-state index < -0.39 is 90.1 Å². The number of ketones is 2. The summed E-state index contributed by atoms with van der Waals surface area (Å²) >= 11 is 0. The number of ether oxygens (including phenoxy) is 6. The Morgan fingerprint density at radius 2 is 1.53 bits per heavy atom. The predicted molar refractivity (Wildman–Crippen MR) is 250 cm³/mol. The topological polar surface area (TPSA) is 214 Å². The van der Waals surface area contributed by atoms with Gasteiger partial charge in [0, 0.05) is 71.6 Å². The molecule has 0 aromatic rings. The van der Waals surface area contributed by atoms with Crippen LogP contribution in [0.15, 0.2) is 47.6 Å². The van der Waals surface area contributed by atoms with Gasteiger partial charge < -0.3 is 54.4 Å². The third-order valence-corrected chi connectivity index (χ3v) is 14.7. The SMILES string of the molecule is CO[C@H]1C[C@@H]2CC[C@@H](C)[C@@](O)(O2)C(=O)C(=O)N2CCCC[C@H]2C(=O)O[C@H]([C@H](N)C[C@@H]2CC[C@@H](O)[C@H](OC)C2)C[C@@H](OC)[C@H](C)/C=C(\C)[C@@H](OC)[C@@H](O)C(=O)[C@H](C)C[C@H](C)/C=C/C=CC=C1C. The molecule has 3 fully saturated rings. The van der Waals surface area contributed by atoms with Crippen LogP contribution in [-0.2, 0) is 47.6 Å². The highest BCUT2D eigenvalue weighted by atomic mass is 16.6. The highest BCUT2D eigenvalue weighted by Gasteiger charge is 2.53. The number of Topliss-reactive ketones (excluding diaryl/α,β-unsaturated/α-hetero) is 2. The maximum absolute atomic E-state index is 14.5. The summed E-state index contributed by atoms with van der Waals surface area (Å²) in [6, 6.07) is -1.81. The Balaban J connectivity index is 1.72. The number of fused-ring (bicyclic) bond motifs is 3. The monoisotopic (exact) mass is 931 g/mol. The zero-order valence-electron chi connectivity index (χ0n) is 41.3. The normalized spacial score (nSPS) is 39.8. The third-order valence-electron chi connectivity index (χ3n) is 14.7. The molecule has 1 amide bonds. The summed E-state index contributed by atoms with van der Waals surface area (Å²) in [7, 11) is 6.15. The first kappa shape index (κ1) is 55.5. The van der Waals surface area contributed by atoms with Crippen molar-refractivity contribution in [2.24, 2.45) is 35.3 Å². The summed E-state index contributed by atoms with van der Waals surface area (Å²) in [5.41, 5.74) is 8.50. The first-order chi connectivity index (χ1) is 31.3. The number of allylic oxidation sites excluding steroid dienone is 5. The first-order valence-electron chi connectivity index (χ1n) is 24.2. The summed E-state index contributed by atoms with van der Waals surface area (Å²) in [6.07, 6.45) is 11.2. The fourth-order valence-electron chi connectivity index (χ4n) is 10.4. The molecular weight excluding hydrogens is 849 g/mol. The van der Waals surface area contributed by atoms with Gasteiger partial charge in [0.15, 0.2) is 5.78 Å². The van der Waals surface area contributed by atoms with Gasteiger partial charge in [-0.2, -0.15) is 0 Å². The molecule has 4 aliphatic rings. The van der Waals surface area contributed by atoms with E-state index in [0.29, 0.717) is 69.8 Å². The second-order valence-corrected chi connectivity index (χ2v) is 19.7. The van der Waals surface area contributed by atoms with E-state index in [1.165, 1.54) is 12.0 Å². The Hall–Kier alpha value is -3.12. The first-order valence-corrected chi connectivity index (χ1v) is 24.2. The van der Waals surface area contributed by atoms with Gasteiger partial charge in [-0.1, -0.05) is 64.2 Å². The molecule has 16 atom stereocenters. The maximum Gasteiger partial charge on any atom is 0.329 e. The van der Waals surface area contributed by atoms with Gasteiger partial charge in [0.05, 0.1) is 30.5 Å². The molecule has 66 heavy (non-hydrogen) atoms. The van der Waals surface area contributed by atoms with E-state index in [1.807, 2.05) is 64.2 Å². The smallest absolute Gasteiger partial charge is 0.329 e. The van der Waals surface area contributed by atoms with Crippen LogP contribution in [0.5, 0.6) is 0 Å². The lowest BCUT2D eigenvalue weighted by Gasteiger charge is -2.43. The van der Waals surface area contributed by atoms with E-state index in [-0.39, 0.29) is 49.0 Å². The Kier molecular flexibility index (Phi) is 21.9. The Morgan fingerprint density at radius 3 is 2.20 bits per heavy atom. The number of amides is 1. The van der Waals surface area contributed by atoms with Crippen LogP contribution in [0.1, 0.15) is 119 Å². The number of aliphatic hydroxyl groups excluding tert-OH is 2. The minimum atomic E-state index is -2.42. The van der Waals surface area contributed by atoms with Crippen LogP contribution in [-0.4, -0.2) is 145 Å². The van der Waals surface area contributed by atoms with Crippen molar-refractivity contribution in [2.75, 3.05) is 35.0 Å². The number of methoxy groups -OCH3 is 4. The quantitative estimate of drug-likeness (QED) is 0.145. The summed E-state index contributed by atoms with van der Waals surface area (Å²) in [5.74, 6) is -7.02. The lowest BCUT2D eigenvalue weighted by atomic mass is 9.80. The minimum absolute atomic E-state index is 0.0215. The molecule has 2 bridgehead atoms. The predicted octanol–water partition coefficient (Wildman–Crippen LogP) is 5.32. The van der Waals surface area contributed by atoms with E-state index in [2.05, 4.69) is 0 Å². The standard InChI is InChI=1S/C51H82N2O13/c1-30-16-12-11-13-17-31(2)41(61-7)28-37-21-19-35(6)51(60,66-37)48(57)49(58)53-23-15-14-18-39(53)50(59)65-43(38(52)26-36-20-22-40(54)44(27-36)63-9)29-42(62-8)32(3)25-34(5)47(64-10)46(56)45(55)33(4)24-30/h11-13,16-17,25,30,32-33,35-44,46-47,54,56,60H,14-15,18-24,26-29,52H2,1-10H3/b13-11?,16-12+,31-17?,34-25+/t30-,32-,33-,35-,36+,37+,38-,39+,40-,41+,42-,43+,44-,46+,47-,51-/m1/s1. The number of rotatable bonds is 7. The zero-order chi connectivity index (χ0) is 48.9. The van der Waals surface area contributed by atoms with E-state index in [1.54, 1.807) is 35.2 Å². The molecule has 0 aromatic carbocycles. The van der Waals surface area contributed by atoms with Crippen molar-refractivity contribution in [1.29, 1.82) is 0 Å². The molecule has 0 aromatic heterocycles. The van der Waals surface area contributed by atoms with Gasteiger partial charge in [-0.3, -0.25) is 14.4 Å². The van der Waals surface area contributed by atoms with E-state index in [9.17, 15) is 34.5 Å². The van der Waals surface area contributed by atoms with Gasteiger partial charge in [-0.15, -0.1) is 0 Å². The molecule has 374 valence electrons. The highest BCUT2D eigenvalue weighted by Crippen LogP contribution is 2.37. The van der Waals surface area contributed by atoms with Crippen molar-refractivity contribution in [3.63, 3.8) is 0 Å². The number of nitrogens with two attached hydrogens (primary N) is 1. The van der Waals surface area contributed by atoms with Crippen molar-refractivity contribution in [3.05, 3.63) is 47.6 Å². The number of esters is 1. The average molecular weight is 931 g/mol. The fourth-order valence-corrected chi connectivity index (χ4v) is 10.4. The number of piperidine rings is 1. The van der Waals surface area contributed by atoms with Crippen LogP contribution < -0.4 is 5.73 Å². The fraction of sp³-hybridized carbons (Fsp3) is 0.765. The average Bonchev–Trinajstić information content (AvgIpc) is 3.29. The van der Waals surface area contributed by atoms with Gasteiger partial charge in [0.25, 0.3) is 11.7 Å². The minimum Gasteiger partial charge on any atom is -0.459 e. The van der Waals surface area contributed by atoms with Crippen LogP contribution >= 0.6 is 0 Å². The van der Waals surface area contributed by atoms with Gasteiger partial charge in [0.2, 0.25) is 5.79 Å². The van der Waals surface area contributed by atoms with Crippen molar-refractivity contribution >= 4 is 23.4 Å². The zero-order valence-corrected chi connectivity index (χ0v) is 41.3. The number of aliphatic hydroxyl groups is 3. The van der Waals surface area contributed by atoms with Gasteiger partial charge >= 0.3 is 5.97 Å². The Morgan fingerprint density at radius 1 is 0.818 bits per heavy atom. The van der Waals surface area contributed by atoms with Crippen LogP contribution in [0, 0.1) is 29.6 Å². The van der Waals surface area contributed by atoms with Gasteiger partial charge in [-0.05, 0) is 101 Å². The number of cyclic esters (lactones) is 1. The number of carbonyl (C=O) groups excluding carboxylic acids is 4. The third kappa shape index (κ3) is 14.5. The summed E-state index contributed by atoms with van der Waals surface area (Å²) in [5, 5.41) is 33.9. The molecule has 2 saturated heterocycles. The second-order valence-electron chi connectivity index (χ2n) is 19.7. The van der Waals surface area contributed by atoms with Crippen LogP contribution in [0.25, 0.3) is 0 Å². The molecule has 5 N–H and O–H groups in total.